The highest BCUT2D eigenvalue weighted by molar-refractivity contribution is 9.10. The molecule has 0 atom stereocenters. The lowest BCUT2D eigenvalue weighted by Gasteiger charge is -2.01. The zero-order chi connectivity index (χ0) is 10.1. The van der Waals surface area contributed by atoms with E-state index in [2.05, 4.69) is 40.0 Å². The standard InChI is InChI=1S/C10H7BrClNS/c1-6-2-3-7(11)4-8(6)10-13-9(12)5-14-10/h2-5H,1H3. The van der Waals surface area contributed by atoms with Crippen molar-refractivity contribution in [1.29, 1.82) is 0 Å². The van der Waals surface area contributed by atoms with Crippen LogP contribution in [0, 0.1) is 6.92 Å². The summed E-state index contributed by atoms with van der Waals surface area (Å²) < 4.78 is 1.06. The molecule has 1 nitrogen and oxygen atoms in total. The van der Waals surface area contributed by atoms with Gasteiger partial charge < -0.3 is 0 Å². The predicted octanol–water partition coefficient (Wildman–Crippen LogP) is 4.53. The molecule has 1 aromatic heterocycles. The minimum Gasteiger partial charge on any atom is -0.224 e. The number of benzene rings is 1. The third-order valence-corrected chi connectivity index (χ3v) is 3.60. The monoisotopic (exact) mass is 287 g/mol. The molecule has 1 heterocycles. The molecule has 0 fully saturated rings. The van der Waals surface area contributed by atoms with Crippen molar-refractivity contribution in [2.45, 2.75) is 6.92 Å². The molecule has 0 aliphatic heterocycles. The van der Waals surface area contributed by atoms with Gasteiger partial charge in [-0.25, -0.2) is 4.98 Å². The predicted molar refractivity (Wildman–Crippen MR) is 65.0 cm³/mol. The molecule has 0 saturated heterocycles. The van der Waals surface area contributed by atoms with Crippen molar-refractivity contribution in [3.63, 3.8) is 0 Å². The van der Waals surface area contributed by atoms with Gasteiger partial charge in [-0.15, -0.1) is 11.3 Å². The zero-order valence-corrected chi connectivity index (χ0v) is 10.6. The van der Waals surface area contributed by atoms with E-state index in [9.17, 15) is 0 Å². The largest absolute Gasteiger partial charge is 0.224 e. The third kappa shape index (κ3) is 2.00. The first-order valence-corrected chi connectivity index (χ1v) is 6.09. The molecule has 0 amide bonds. The van der Waals surface area contributed by atoms with Gasteiger partial charge in [-0.2, -0.15) is 0 Å². The summed E-state index contributed by atoms with van der Waals surface area (Å²) in [6.45, 7) is 2.07. The van der Waals surface area contributed by atoms with E-state index in [4.69, 9.17) is 11.6 Å². The maximum absolute atomic E-state index is 5.79. The second-order valence-corrected chi connectivity index (χ2v) is 5.10. The van der Waals surface area contributed by atoms with Gasteiger partial charge >= 0.3 is 0 Å². The molecular weight excluding hydrogens is 282 g/mol. The van der Waals surface area contributed by atoms with Crippen LogP contribution in [0.1, 0.15) is 5.56 Å². The fourth-order valence-corrected chi connectivity index (χ4v) is 2.59. The van der Waals surface area contributed by atoms with Crippen LogP contribution < -0.4 is 0 Å². The Bertz CT molecular complexity index is 467. The molecular formula is C10H7BrClNS. The van der Waals surface area contributed by atoms with Crippen molar-refractivity contribution in [2.75, 3.05) is 0 Å². The van der Waals surface area contributed by atoms with E-state index in [1.807, 2.05) is 11.4 Å². The average Bonchev–Trinajstić information content (AvgIpc) is 2.56. The lowest BCUT2D eigenvalue weighted by molar-refractivity contribution is 1.37. The van der Waals surface area contributed by atoms with Gasteiger partial charge in [0.1, 0.15) is 10.2 Å². The number of aryl methyl sites for hydroxylation is 1. The van der Waals surface area contributed by atoms with Gasteiger partial charge in [0.25, 0.3) is 0 Å². The van der Waals surface area contributed by atoms with Crippen LogP contribution in [0.5, 0.6) is 0 Å². The number of rotatable bonds is 1. The van der Waals surface area contributed by atoms with Crippen LogP contribution in [0.15, 0.2) is 28.1 Å². The molecule has 0 unspecified atom stereocenters. The maximum Gasteiger partial charge on any atom is 0.140 e. The van der Waals surface area contributed by atoms with Crippen molar-refractivity contribution < 1.29 is 0 Å². The summed E-state index contributed by atoms with van der Waals surface area (Å²) in [6.07, 6.45) is 0. The van der Waals surface area contributed by atoms with Crippen molar-refractivity contribution in [2.24, 2.45) is 0 Å². The van der Waals surface area contributed by atoms with E-state index in [1.54, 1.807) is 11.3 Å². The molecule has 72 valence electrons. The summed E-state index contributed by atoms with van der Waals surface area (Å²) in [6, 6.07) is 6.15. The lowest BCUT2D eigenvalue weighted by atomic mass is 10.1. The minimum atomic E-state index is 0.560. The van der Waals surface area contributed by atoms with Crippen LogP contribution in [-0.2, 0) is 0 Å². The topological polar surface area (TPSA) is 12.9 Å². The molecule has 0 bridgehead atoms. The van der Waals surface area contributed by atoms with Gasteiger partial charge in [-0.1, -0.05) is 33.6 Å². The molecule has 2 aromatic rings. The minimum absolute atomic E-state index is 0.560. The highest BCUT2D eigenvalue weighted by Crippen LogP contribution is 2.30. The van der Waals surface area contributed by atoms with E-state index < -0.39 is 0 Å². The summed E-state index contributed by atoms with van der Waals surface area (Å²) in [7, 11) is 0. The molecule has 14 heavy (non-hydrogen) atoms. The molecule has 0 N–H and O–H groups in total. The summed E-state index contributed by atoms with van der Waals surface area (Å²) in [5, 5.41) is 3.37. The fraction of sp³-hybridized carbons (Fsp3) is 0.100. The van der Waals surface area contributed by atoms with E-state index >= 15 is 0 Å². The van der Waals surface area contributed by atoms with Gasteiger partial charge in [0.05, 0.1) is 0 Å². The lowest BCUT2D eigenvalue weighted by Crippen LogP contribution is -1.81. The second kappa shape index (κ2) is 4.01. The normalized spacial score (nSPS) is 10.5. The Morgan fingerprint density at radius 1 is 1.43 bits per heavy atom. The number of hydrogen-bond donors (Lipinski definition) is 0. The van der Waals surface area contributed by atoms with Crippen molar-refractivity contribution in [3.8, 4) is 10.6 Å². The Balaban J connectivity index is 2.55. The van der Waals surface area contributed by atoms with Gasteiger partial charge in [0.2, 0.25) is 0 Å². The van der Waals surface area contributed by atoms with Gasteiger partial charge in [-0.05, 0) is 24.6 Å². The van der Waals surface area contributed by atoms with Crippen molar-refractivity contribution in [3.05, 3.63) is 38.8 Å². The van der Waals surface area contributed by atoms with E-state index in [0.29, 0.717) is 5.15 Å². The number of thiazole rings is 1. The second-order valence-electron chi connectivity index (χ2n) is 2.93. The van der Waals surface area contributed by atoms with Gasteiger partial charge in [0.15, 0.2) is 0 Å². The molecule has 1 aromatic carbocycles. The van der Waals surface area contributed by atoms with E-state index in [1.165, 1.54) is 5.56 Å². The molecule has 2 rings (SSSR count). The smallest absolute Gasteiger partial charge is 0.140 e. The van der Waals surface area contributed by atoms with Crippen LogP contribution in [0.2, 0.25) is 5.15 Å². The Labute approximate surface area is 99.9 Å². The van der Waals surface area contributed by atoms with Crippen LogP contribution in [0.25, 0.3) is 10.6 Å². The quantitative estimate of drug-likeness (QED) is 0.751. The number of halogens is 2. The van der Waals surface area contributed by atoms with E-state index in [-0.39, 0.29) is 0 Å². The molecule has 0 radical (unpaired) electrons. The molecule has 0 aliphatic carbocycles. The van der Waals surface area contributed by atoms with Gasteiger partial charge in [-0.3, -0.25) is 0 Å². The molecule has 4 heteroatoms. The first-order valence-electron chi connectivity index (χ1n) is 4.04. The summed E-state index contributed by atoms with van der Waals surface area (Å²) in [5.74, 6) is 0. The van der Waals surface area contributed by atoms with Crippen LogP contribution >= 0.6 is 38.9 Å². The highest BCUT2D eigenvalue weighted by Gasteiger charge is 2.06. The number of aromatic nitrogens is 1. The number of nitrogens with zero attached hydrogens (tertiary/aromatic N) is 1. The summed E-state index contributed by atoms with van der Waals surface area (Å²) in [4.78, 5) is 4.25. The van der Waals surface area contributed by atoms with Crippen LogP contribution in [0.3, 0.4) is 0 Å². The van der Waals surface area contributed by atoms with Crippen LogP contribution in [-0.4, -0.2) is 4.98 Å². The molecule has 0 spiro atoms. The Kier molecular flexibility index (Phi) is 2.91. The molecule has 0 aliphatic rings. The average molecular weight is 289 g/mol. The fourth-order valence-electron chi connectivity index (χ4n) is 1.20. The Morgan fingerprint density at radius 2 is 2.21 bits per heavy atom. The Hall–Kier alpha value is -0.380. The summed E-state index contributed by atoms with van der Waals surface area (Å²) in [5.41, 5.74) is 2.34. The number of hydrogen-bond acceptors (Lipinski definition) is 2. The Morgan fingerprint density at radius 3 is 2.86 bits per heavy atom. The third-order valence-electron chi connectivity index (χ3n) is 1.91. The first kappa shape index (κ1) is 10.1. The van der Waals surface area contributed by atoms with Gasteiger partial charge in [0, 0.05) is 15.4 Å². The van der Waals surface area contributed by atoms with E-state index in [0.717, 1.165) is 15.0 Å². The highest BCUT2D eigenvalue weighted by atomic mass is 79.9. The zero-order valence-electron chi connectivity index (χ0n) is 7.42. The van der Waals surface area contributed by atoms with Crippen molar-refractivity contribution in [1.82, 2.24) is 4.98 Å². The van der Waals surface area contributed by atoms with Crippen molar-refractivity contribution >= 4 is 38.9 Å². The first-order chi connectivity index (χ1) is 6.66. The summed E-state index contributed by atoms with van der Waals surface area (Å²) >= 11 is 10.8. The maximum atomic E-state index is 5.79. The SMILES string of the molecule is Cc1ccc(Br)cc1-c1nc(Cl)cs1. The molecule has 0 saturated carbocycles. The van der Waals surface area contributed by atoms with Crippen LogP contribution in [0.4, 0.5) is 0 Å².